The molecule has 2 aromatic rings. The van der Waals surface area contributed by atoms with Crippen LogP contribution in [0, 0.1) is 6.92 Å². The van der Waals surface area contributed by atoms with Gasteiger partial charge in [0.15, 0.2) is 0 Å². The van der Waals surface area contributed by atoms with E-state index in [1.54, 1.807) is 0 Å². The Morgan fingerprint density at radius 3 is 2.41 bits per heavy atom. The van der Waals surface area contributed by atoms with E-state index in [1.807, 2.05) is 61.5 Å². The van der Waals surface area contributed by atoms with Gasteiger partial charge in [-0.2, -0.15) is 5.10 Å². The molecular weight excluding hydrogens is 272 g/mol. The van der Waals surface area contributed by atoms with Gasteiger partial charge in [0, 0.05) is 5.56 Å². The number of nitrogens with zero attached hydrogens (tertiary/aromatic N) is 1. The normalized spacial score (nSPS) is 11.3. The zero-order valence-electron chi connectivity index (χ0n) is 13.2. The summed E-state index contributed by atoms with van der Waals surface area (Å²) >= 11 is 0. The number of hydrogen-bond donors (Lipinski definition) is 1. The summed E-state index contributed by atoms with van der Waals surface area (Å²) in [6.45, 7) is 4.07. The number of hydrogen-bond acceptors (Lipinski definition) is 2. The van der Waals surface area contributed by atoms with Gasteiger partial charge in [-0.3, -0.25) is 4.79 Å². The molecule has 1 amide bonds. The molecule has 3 heteroatoms. The van der Waals surface area contributed by atoms with Crippen LogP contribution in [0.25, 0.3) is 0 Å². The molecule has 0 heterocycles. The van der Waals surface area contributed by atoms with E-state index < -0.39 is 0 Å². The highest BCUT2D eigenvalue weighted by Crippen LogP contribution is 2.09. The fraction of sp³-hybridized carbons (Fsp3) is 0.263. The largest absolute Gasteiger partial charge is 0.271 e. The van der Waals surface area contributed by atoms with E-state index in [2.05, 4.69) is 17.5 Å². The van der Waals surface area contributed by atoms with Crippen molar-refractivity contribution in [1.29, 1.82) is 0 Å². The Morgan fingerprint density at radius 2 is 1.73 bits per heavy atom. The molecule has 2 aromatic carbocycles. The van der Waals surface area contributed by atoms with Crippen molar-refractivity contribution in [3.8, 4) is 0 Å². The fourth-order valence-corrected chi connectivity index (χ4v) is 2.25. The first-order valence-electron chi connectivity index (χ1n) is 7.70. The number of rotatable bonds is 6. The topological polar surface area (TPSA) is 41.5 Å². The predicted octanol–water partition coefficient (Wildman–Crippen LogP) is 4.32. The Bertz CT molecular complexity index is 647. The maximum Gasteiger partial charge on any atom is 0.271 e. The smallest absolute Gasteiger partial charge is 0.267 e. The third-order valence-electron chi connectivity index (χ3n) is 3.56. The van der Waals surface area contributed by atoms with Gasteiger partial charge in [0.25, 0.3) is 5.91 Å². The van der Waals surface area contributed by atoms with Crippen molar-refractivity contribution in [3.63, 3.8) is 0 Å². The van der Waals surface area contributed by atoms with Crippen molar-refractivity contribution < 1.29 is 4.79 Å². The quantitative estimate of drug-likeness (QED) is 0.625. The van der Waals surface area contributed by atoms with Crippen molar-refractivity contribution in [2.45, 2.75) is 33.1 Å². The standard InChI is InChI=1S/C19H22N2O/c1-3-4-14-18(16-11-6-5-7-12-16)20-21-19(22)17-13-9-8-10-15(17)2/h5-13H,3-4,14H2,1-2H3,(H,21,22)/b20-18-. The van der Waals surface area contributed by atoms with E-state index in [-0.39, 0.29) is 5.91 Å². The van der Waals surface area contributed by atoms with Crippen LogP contribution in [-0.2, 0) is 0 Å². The minimum absolute atomic E-state index is 0.164. The minimum Gasteiger partial charge on any atom is -0.267 e. The number of carbonyl (C=O) groups is 1. The molecule has 0 aliphatic carbocycles. The predicted molar refractivity (Wildman–Crippen MR) is 91.1 cm³/mol. The molecule has 0 aliphatic heterocycles. The summed E-state index contributed by atoms with van der Waals surface area (Å²) in [4.78, 5) is 12.3. The van der Waals surface area contributed by atoms with Crippen LogP contribution in [0.1, 0.15) is 47.7 Å². The lowest BCUT2D eigenvalue weighted by Crippen LogP contribution is -2.21. The highest BCUT2D eigenvalue weighted by molar-refractivity contribution is 6.02. The van der Waals surface area contributed by atoms with Crippen molar-refractivity contribution in [1.82, 2.24) is 5.43 Å². The summed E-state index contributed by atoms with van der Waals surface area (Å²) in [5.74, 6) is -0.164. The van der Waals surface area contributed by atoms with Gasteiger partial charge in [-0.1, -0.05) is 61.9 Å². The van der Waals surface area contributed by atoms with Gasteiger partial charge in [-0.15, -0.1) is 0 Å². The summed E-state index contributed by atoms with van der Waals surface area (Å²) in [7, 11) is 0. The monoisotopic (exact) mass is 294 g/mol. The van der Waals surface area contributed by atoms with Gasteiger partial charge in [0.2, 0.25) is 0 Å². The van der Waals surface area contributed by atoms with E-state index in [4.69, 9.17) is 0 Å². The van der Waals surface area contributed by atoms with E-state index in [9.17, 15) is 4.79 Å². The van der Waals surface area contributed by atoms with Crippen LogP contribution >= 0.6 is 0 Å². The molecule has 0 atom stereocenters. The molecule has 22 heavy (non-hydrogen) atoms. The molecule has 0 spiro atoms. The molecule has 0 fully saturated rings. The zero-order valence-corrected chi connectivity index (χ0v) is 13.2. The van der Waals surface area contributed by atoms with Gasteiger partial charge in [0.1, 0.15) is 0 Å². The molecular formula is C19H22N2O. The van der Waals surface area contributed by atoms with E-state index in [1.165, 1.54) is 0 Å². The number of benzene rings is 2. The lowest BCUT2D eigenvalue weighted by molar-refractivity contribution is 0.0954. The average molecular weight is 294 g/mol. The second kappa shape index (κ2) is 8.13. The Hall–Kier alpha value is -2.42. The molecule has 0 saturated heterocycles. The van der Waals surface area contributed by atoms with Crippen LogP contribution in [0.15, 0.2) is 59.7 Å². The molecule has 1 N–H and O–H groups in total. The molecule has 0 radical (unpaired) electrons. The minimum atomic E-state index is -0.164. The van der Waals surface area contributed by atoms with E-state index >= 15 is 0 Å². The highest BCUT2D eigenvalue weighted by atomic mass is 16.2. The van der Waals surface area contributed by atoms with Crippen molar-refractivity contribution >= 4 is 11.6 Å². The number of unbranched alkanes of at least 4 members (excludes halogenated alkanes) is 1. The molecule has 0 bridgehead atoms. The Balaban J connectivity index is 2.16. The summed E-state index contributed by atoms with van der Waals surface area (Å²) < 4.78 is 0. The first-order chi connectivity index (χ1) is 10.7. The van der Waals surface area contributed by atoms with Crippen molar-refractivity contribution in [2.24, 2.45) is 5.10 Å². The van der Waals surface area contributed by atoms with Crippen molar-refractivity contribution in [3.05, 3.63) is 71.3 Å². The van der Waals surface area contributed by atoms with E-state index in [0.717, 1.165) is 36.1 Å². The summed E-state index contributed by atoms with van der Waals surface area (Å²) in [6.07, 6.45) is 3.00. The second-order valence-corrected chi connectivity index (χ2v) is 5.28. The SMILES string of the molecule is CCCC/C(=N/NC(=O)c1ccccc1C)c1ccccc1. The van der Waals surface area contributed by atoms with Crippen LogP contribution in [-0.4, -0.2) is 11.6 Å². The molecule has 2 rings (SSSR count). The molecule has 0 saturated carbocycles. The molecule has 114 valence electrons. The van der Waals surface area contributed by atoms with Gasteiger partial charge in [-0.25, -0.2) is 5.43 Å². The number of nitrogens with one attached hydrogen (secondary N) is 1. The fourth-order valence-electron chi connectivity index (χ4n) is 2.25. The van der Waals surface area contributed by atoms with Crippen LogP contribution in [0.2, 0.25) is 0 Å². The lowest BCUT2D eigenvalue weighted by atomic mass is 10.1. The summed E-state index contributed by atoms with van der Waals surface area (Å²) in [5, 5.41) is 4.37. The zero-order chi connectivity index (χ0) is 15.8. The summed E-state index contributed by atoms with van der Waals surface area (Å²) in [6, 6.07) is 17.5. The van der Waals surface area contributed by atoms with Crippen molar-refractivity contribution in [2.75, 3.05) is 0 Å². The molecule has 0 aliphatic rings. The van der Waals surface area contributed by atoms with E-state index in [0.29, 0.717) is 5.56 Å². The Labute approximate surface area is 132 Å². The average Bonchev–Trinajstić information content (AvgIpc) is 2.56. The van der Waals surface area contributed by atoms with Gasteiger partial charge >= 0.3 is 0 Å². The van der Waals surface area contributed by atoms with Gasteiger partial charge in [-0.05, 0) is 37.0 Å². The molecule has 0 unspecified atom stereocenters. The van der Waals surface area contributed by atoms with Gasteiger partial charge < -0.3 is 0 Å². The first-order valence-corrected chi connectivity index (χ1v) is 7.70. The third-order valence-corrected chi connectivity index (χ3v) is 3.56. The maximum atomic E-state index is 12.3. The first kappa shape index (κ1) is 16.0. The van der Waals surface area contributed by atoms with Gasteiger partial charge in [0.05, 0.1) is 5.71 Å². The van der Waals surface area contributed by atoms with Crippen LogP contribution < -0.4 is 5.43 Å². The number of amides is 1. The summed E-state index contributed by atoms with van der Waals surface area (Å²) in [5.41, 5.74) is 6.28. The molecule has 3 nitrogen and oxygen atoms in total. The highest BCUT2D eigenvalue weighted by Gasteiger charge is 2.08. The Kier molecular flexibility index (Phi) is 5.90. The number of carbonyl (C=O) groups excluding carboxylic acids is 1. The Morgan fingerprint density at radius 1 is 1.05 bits per heavy atom. The maximum absolute atomic E-state index is 12.3. The van der Waals surface area contributed by atoms with Crippen LogP contribution in [0.3, 0.4) is 0 Å². The second-order valence-electron chi connectivity index (χ2n) is 5.28. The number of aryl methyl sites for hydroxylation is 1. The number of hydrazone groups is 1. The van der Waals surface area contributed by atoms with Crippen LogP contribution in [0.4, 0.5) is 0 Å². The third kappa shape index (κ3) is 4.29. The van der Waals surface area contributed by atoms with Crippen LogP contribution in [0.5, 0.6) is 0 Å². The molecule has 0 aromatic heterocycles. The lowest BCUT2D eigenvalue weighted by Gasteiger charge is -2.08.